The van der Waals surface area contributed by atoms with Gasteiger partial charge in [0.2, 0.25) is 0 Å². The number of carbonyl (C=O) groups is 2. The Hall–Kier alpha value is -0.760. The standard InChI is InChI=1S/C16H32N2O4S2/c1-15(2,3)21-13(19)17-9-7-11-23-24-12-8-10-18-14(20)22-16(4,5)6/h7-12H2,1-6H3,(H,17,19)(H,18,20). The molecule has 0 aromatic heterocycles. The first-order valence-electron chi connectivity index (χ1n) is 8.18. The van der Waals surface area contributed by atoms with Crippen molar-refractivity contribution in [3.63, 3.8) is 0 Å². The maximum absolute atomic E-state index is 11.4. The van der Waals surface area contributed by atoms with Crippen molar-refractivity contribution >= 4 is 33.8 Å². The summed E-state index contributed by atoms with van der Waals surface area (Å²) in [5.41, 5.74) is -0.913. The average Bonchev–Trinajstić information content (AvgIpc) is 2.36. The summed E-state index contributed by atoms with van der Waals surface area (Å²) in [5.74, 6) is 1.92. The Labute approximate surface area is 154 Å². The van der Waals surface area contributed by atoms with Crippen molar-refractivity contribution in [3.05, 3.63) is 0 Å². The quantitative estimate of drug-likeness (QED) is 0.461. The molecule has 0 fully saturated rings. The molecule has 142 valence electrons. The fourth-order valence-corrected chi connectivity index (χ4v) is 3.56. The zero-order chi connectivity index (χ0) is 18.6. The minimum Gasteiger partial charge on any atom is -0.444 e. The average molecular weight is 381 g/mol. The Bertz CT molecular complexity index is 343. The lowest BCUT2D eigenvalue weighted by atomic mass is 10.2. The van der Waals surface area contributed by atoms with Crippen LogP contribution >= 0.6 is 21.6 Å². The maximum Gasteiger partial charge on any atom is 0.407 e. The van der Waals surface area contributed by atoms with Crippen LogP contribution in [0.3, 0.4) is 0 Å². The third kappa shape index (κ3) is 17.6. The van der Waals surface area contributed by atoms with Crippen LogP contribution in [0.2, 0.25) is 0 Å². The summed E-state index contributed by atoms with van der Waals surface area (Å²) in [7, 11) is 3.54. The molecule has 0 aromatic rings. The molecule has 0 saturated heterocycles. The normalized spacial score (nSPS) is 11.8. The largest absolute Gasteiger partial charge is 0.444 e. The van der Waals surface area contributed by atoms with E-state index in [1.165, 1.54) is 0 Å². The Morgan fingerprint density at radius 2 is 1.08 bits per heavy atom. The highest BCUT2D eigenvalue weighted by molar-refractivity contribution is 8.76. The summed E-state index contributed by atoms with van der Waals surface area (Å²) in [6.07, 6.45) is 1.06. The molecule has 8 heteroatoms. The van der Waals surface area contributed by atoms with Gasteiger partial charge in [0.25, 0.3) is 0 Å². The van der Waals surface area contributed by atoms with E-state index in [4.69, 9.17) is 9.47 Å². The van der Waals surface area contributed by atoms with Crippen LogP contribution < -0.4 is 10.6 Å². The minimum atomic E-state index is -0.456. The van der Waals surface area contributed by atoms with Gasteiger partial charge in [0.15, 0.2) is 0 Å². The molecule has 0 atom stereocenters. The van der Waals surface area contributed by atoms with Gasteiger partial charge in [-0.1, -0.05) is 21.6 Å². The minimum absolute atomic E-state index is 0.367. The summed E-state index contributed by atoms with van der Waals surface area (Å²) >= 11 is 0. The van der Waals surface area contributed by atoms with E-state index in [2.05, 4.69) is 10.6 Å². The highest BCUT2D eigenvalue weighted by Crippen LogP contribution is 2.22. The summed E-state index contributed by atoms with van der Waals surface area (Å²) in [4.78, 5) is 22.8. The topological polar surface area (TPSA) is 76.7 Å². The molecule has 24 heavy (non-hydrogen) atoms. The Morgan fingerprint density at radius 1 is 0.750 bits per heavy atom. The Morgan fingerprint density at radius 3 is 1.38 bits per heavy atom. The van der Waals surface area contributed by atoms with E-state index in [9.17, 15) is 9.59 Å². The van der Waals surface area contributed by atoms with Crippen LogP contribution in [0.4, 0.5) is 9.59 Å². The maximum atomic E-state index is 11.4. The van der Waals surface area contributed by atoms with Gasteiger partial charge in [-0.3, -0.25) is 0 Å². The predicted octanol–water partition coefficient (Wildman–Crippen LogP) is 4.20. The molecule has 0 bridgehead atoms. The molecule has 0 saturated carbocycles. The first-order valence-corrected chi connectivity index (χ1v) is 10.7. The monoisotopic (exact) mass is 380 g/mol. The van der Waals surface area contributed by atoms with Crippen molar-refractivity contribution in [1.29, 1.82) is 0 Å². The second kappa shape index (κ2) is 11.7. The number of alkyl carbamates (subject to hydrolysis) is 2. The van der Waals surface area contributed by atoms with Gasteiger partial charge in [-0.2, -0.15) is 0 Å². The number of amides is 2. The zero-order valence-corrected chi connectivity index (χ0v) is 17.3. The van der Waals surface area contributed by atoms with Gasteiger partial charge in [0, 0.05) is 24.6 Å². The SMILES string of the molecule is CC(C)(C)OC(=O)NCCCSSCCCNC(=O)OC(C)(C)C. The van der Waals surface area contributed by atoms with E-state index in [0.717, 1.165) is 24.3 Å². The van der Waals surface area contributed by atoms with E-state index in [0.29, 0.717) is 13.1 Å². The molecule has 2 amide bonds. The summed E-state index contributed by atoms with van der Waals surface area (Å²) < 4.78 is 10.3. The van der Waals surface area contributed by atoms with E-state index < -0.39 is 11.2 Å². The molecule has 0 aliphatic rings. The number of hydrogen-bond donors (Lipinski definition) is 2. The lowest BCUT2D eigenvalue weighted by molar-refractivity contribution is 0.0516. The third-order valence-corrected chi connectivity index (χ3v) is 4.81. The van der Waals surface area contributed by atoms with Crippen LogP contribution in [0.25, 0.3) is 0 Å². The number of ether oxygens (including phenoxy) is 2. The van der Waals surface area contributed by atoms with Gasteiger partial charge in [-0.15, -0.1) is 0 Å². The lowest BCUT2D eigenvalue weighted by Crippen LogP contribution is -2.33. The van der Waals surface area contributed by atoms with E-state index in [1.807, 2.05) is 41.5 Å². The summed E-state index contributed by atoms with van der Waals surface area (Å²) in [6.45, 7) is 12.3. The van der Waals surface area contributed by atoms with Gasteiger partial charge in [0.1, 0.15) is 11.2 Å². The van der Waals surface area contributed by atoms with E-state index in [1.54, 1.807) is 21.6 Å². The van der Waals surface area contributed by atoms with Gasteiger partial charge >= 0.3 is 12.2 Å². The molecule has 0 spiro atoms. The fourth-order valence-electron chi connectivity index (χ4n) is 1.39. The van der Waals surface area contributed by atoms with Crippen LogP contribution in [0.1, 0.15) is 54.4 Å². The van der Waals surface area contributed by atoms with Gasteiger partial charge in [0.05, 0.1) is 0 Å². The Kier molecular flexibility index (Phi) is 11.4. The molecule has 6 nitrogen and oxygen atoms in total. The number of rotatable bonds is 9. The summed E-state index contributed by atoms with van der Waals surface area (Å²) in [5, 5.41) is 5.47. The van der Waals surface area contributed by atoms with Crippen molar-refractivity contribution in [2.45, 2.75) is 65.6 Å². The van der Waals surface area contributed by atoms with Crippen molar-refractivity contribution in [1.82, 2.24) is 10.6 Å². The molecule has 0 aromatic carbocycles. The number of carbonyl (C=O) groups excluding carboxylic acids is 2. The molecular formula is C16H32N2O4S2. The van der Waals surface area contributed by atoms with Crippen LogP contribution in [-0.4, -0.2) is 48.0 Å². The molecule has 0 radical (unpaired) electrons. The van der Waals surface area contributed by atoms with Crippen LogP contribution in [0.5, 0.6) is 0 Å². The van der Waals surface area contributed by atoms with E-state index >= 15 is 0 Å². The molecular weight excluding hydrogens is 348 g/mol. The Balaban J connectivity index is 3.37. The highest BCUT2D eigenvalue weighted by atomic mass is 33.1. The van der Waals surface area contributed by atoms with Crippen molar-refractivity contribution < 1.29 is 19.1 Å². The lowest BCUT2D eigenvalue weighted by Gasteiger charge is -2.19. The van der Waals surface area contributed by atoms with E-state index in [-0.39, 0.29) is 12.2 Å². The van der Waals surface area contributed by atoms with Crippen LogP contribution in [0.15, 0.2) is 0 Å². The first-order chi connectivity index (χ1) is 11.0. The molecule has 2 N–H and O–H groups in total. The van der Waals surface area contributed by atoms with Gasteiger partial charge in [-0.05, 0) is 54.4 Å². The zero-order valence-electron chi connectivity index (χ0n) is 15.7. The molecule has 0 rings (SSSR count). The van der Waals surface area contributed by atoms with Crippen LogP contribution in [0, 0.1) is 0 Å². The molecule has 0 aliphatic heterocycles. The smallest absolute Gasteiger partial charge is 0.407 e. The van der Waals surface area contributed by atoms with Crippen molar-refractivity contribution in [2.24, 2.45) is 0 Å². The first kappa shape index (κ1) is 23.2. The van der Waals surface area contributed by atoms with Crippen molar-refractivity contribution in [3.8, 4) is 0 Å². The second-order valence-corrected chi connectivity index (χ2v) is 9.91. The van der Waals surface area contributed by atoms with Gasteiger partial charge in [-0.25, -0.2) is 9.59 Å². The van der Waals surface area contributed by atoms with Gasteiger partial charge < -0.3 is 20.1 Å². The second-order valence-electron chi connectivity index (χ2n) is 7.21. The highest BCUT2D eigenvalue weighted by Gasteiger charge is 2.16. The predicted molar refractivity (Wildman–Crippen MR) is 103 cm³/mol. The van der Waals surface area contributed by atoms with Crippen molar-refractivity contribution in [2.75, 3.05) is 24.6 Å². The number of hydrogen-bond acceptors (Lipinski definition) is 6. The molecule has 0 unspecified atom stereocenters. The molecule has 0 heterocycles. The number of nitrogens with one attached hydrogen (secondary N) is 2. The fraction of sp³-hybridized carbons (Fsp3) is 0.875. The summed E-state index contributed by atoms with van der Waals surface area (Å²) in [6, 6.07) is 0. The molecule has 0 aliphatic carbocycles. The third-order valence-electron chi connectivity index (χ3n) is 2.23. The van der Waals surface area contributed by atoms with Crippen LogP contribution in [-0.2, 0) is 9.47 Å².